The summed E-state index contributed by atoms with van der Waals surface area (Å²) in [5.41, 5.74) is 3.95. The van der Waals surface area contributed by atoms with Crippen LogP contribution in [-0.2, 0) is 10.1 Å². The largest absolute Gasteiger partial charge is 0.369 e. The van der Waals surface area contributed by atoms with E-state index in [4.69, 9.17) is 4.74 Å². The van der Waals surface area contributed by atoms with Gasteiger partial charge in [0.15, 0.2) is 0 Å². The summed E-state index contributed by atoms with van der Waals surface area (Å²) < 4.78 is 5.95. The first-order valence-corrected chi connectivity index (χ1v) is 7.62. The SMILES string of the molecule is Cc1cc(N2CC(C)OC(C)(C)C2)ccc1CBr. The molecule has 1 saturated heterocycles. The van der Waals surface area contributed by atoms with Gasteiger partial charge >= 0.3 is 0 Å². The lowest BCUT2D eigenvalue weighted by atomic mass is 10.0. The molecule has 1 aromatic carbocycles. The van der Waals surface area contributed by atoms with Gasteiger partial charge in [-0.1, -0.05) is 22.0 Å². The first-order valence-electron chi connectivity index (χ1n) is 6.49. The van der Waals surface area contributed by atoms with Crippen molar-refractivity contribution in [2.75, 3.05) is 18.0 Å². The lowest BCUT2D eigenvalue weighted by Gasteiger charge is -2.43. The van der Waals surface area contributed by atoms with Crippen molar-refractivity contribution in [3.8, 4) is 0 Å². The van der Waals surface area contributed by atoms with E-state index in [2.05, 4.69) is 66.7 Å². The minimum Gasteiger partial charge on any atom is -0.369 e. The molecule has 1 unspecified atom stereocenters. The fourth-order valence-electron chi connectivity index (χ4n) is 2.68. The molecule has 0 amide bonds. The van der Waals surface area contributed by atoms with E-state index in [-0.39, 0.29) is 11.7 Å². The van der Waals surface area contributed by atoms with Gasteiger partial charge < -0.3 is 9.64 Å². The fraction of sp³-hybridized carbons (Fsp3) is 0.600. The number of morpholine rings is 1. The second kappa shape index (κ2) is 5.22. The van der Waals surface area contributed by atoms with Gasteiger partial charge in [-0.2, -0.15) is 0 Å². The normalized spacial score (nSPS) is 23.2. The topological polar surface area (TPSA) is 12.5 Å². The van der Waals surface area contributed by atoms with Crippen LogP contribution in [0.25, 0.3) is 0 Å². The van der Waals surface area contributed by atoms with Crippen molar-refractivity contribution < 1.29 is 4.74 Å². The molecule has 1 atom stereocenters. The summed E-state index contributed by atoms with van der Waals surface area (Å²) in [7, 11) is 0. The molecule has 1 aliphatic rings. The highest BCUT2D eigenvalue weighted by Crippen LogP contribution is 2.27. The van der Waals surface area contributed by atoms with Crippen molar-refractivity contribution in [3.63, 3.8) is 0 Å². The Kier molecular flexibility index (Phi) is 4.02. The van der Waals surface area contributed by atoms with Crippen molar-refractivity contribution in [1.29, 1.82) is 0 Å². The molecule has 1 aromatic rings. The maximum Gasteiger partial charge on any atom is 0.0805 e. The van der Waals surface area contributed by atoms with Crippen molar-refractivity contribution in [3.05, 3.63) is 29.3 Å². The molecule has 0 spiro atoms. The summed E-state index contributed by atoms with van der Waals surface area (Å²) in [6.07, 6.45) is 0.282. The summed E-state index contributed by atoms with van der Waals surface area (Å²) in [6, 6.07) is 6.72. The number of hydrogen-bond acceptors (Lipinski definition) is 2. The van der Waals surface area contributed by atoms with Gasteiger partial charge in [0.25, 0.3) is 0 Å². The van der Waals surface area contributed by atoms with Gasteiger partial charge in [-0.05, 0) is 51.0 Å². The zero-order valence-electron chi connectivity index (χ0n) is 11.7. The number of benzene rings is 1. The predicted molar refractivity (Wildman–Crippen MR) is 80.6 cm³/mol. The number of hydrogen-bond donors (Lipinski definition) is 0. The average Bonchev–Trinajstić information content (AvgIpc) is 2.26. The summed E-state index contributed by atoms with van der Waals surface area (Å²) >= 11 is 3.52. The number of anilines is 1. The van der Waals surface area contributed by atoms with E-state index in [0.29, 0.717) is 0 Å². The van der Waals surface area contributed by atoms with Crippen molar-refractivity contribution in [2.24, 2.45) is 0 Å². The van der Waals surface area contributed by atoms with Crippen LogP contribution in [0, 0.1) is 6.92 Å². The first-order chi connectivity index (χ1) is 8.41. The molecule has 3 heteroatoms. The smallest absolute Gasteiger partial charge is 0.0805 e. The zero-order valence-corrected chi connectivity index (χ0v) is 13.3. The Labute approximate surface area is 118 Å². The van der Waals surface area contributed by atoms with Crippen LogP contribution in [0.3, 0.4) is 0 Å². The molecular weight excluding hydrogens is 290 g/mol. The zero-order chi connectivity index (χ0) is 13.3. The summed E-state index contributed by atoms with van der Waals surface area (Å²) in [6.45, 7) is 10.6. The van der Waals surface area contributed by atoms with Gasteiger partial charge in [0.1, 0.15) is 0 Å². The lowest BCUT2D eigenvalue weighted by molar-refractivity contribution is -0.0749. The Bertz CT molecular complexity index is 431. The van der Waals surface area contributed by atoms with E-state index in [1.54, 1.807) is 0 Å². The monoisotopic (exact) mass is 311 g/mol. The van der Waals surface area contributed by atoms with Crippen LogP contribution in [0.4, 0.5) is 5.69 Å². The lowest BCUT2D eigenvalue weighted by Crippen LogP contribution is -2.52. The van der Waals surface area contributed by atoms with Crippen LogP contribution in [-0.4, -0.2) is 24.8 Å². The number of alkyl halides is 1. The maximum atomic E-state index is 5.95. The molecule has 2 rings (SSSR count). The number of halogens is 1. The predicted octanol–water partition coefficient (Wildman–Crippen LogP) is 3.89. The third-order valence-corrected chi connectivity index (χ3v) is 4.01. The molecule has 2 nitrogen and oxygen atoms in total. The van der Waals surface area contributed by atoms with Crippen LogP contribution in [0.15, 0.2) is 18.2 Å². The fourth-order valence-corrected chi connectivity index (χ4v) is 3.31. The molecule has 100 valence electrons. The van der Waals surface area contributed by atoms with Gasteiger partial charge in [-0.3, -0.25) is 0 Å². The standard InChI is InChI=1S/C15H22BrNO/c1-11-7-14(6-5-13(11)8-16)17-9-12(2)18-15(3,4)10-17/h5-7,12H,8-10H2,1-4H3. The second-order valence-electron chi connectivity index (χ2n) is 5.81. The Morgan fingerprint density at radius 1 is 1.44 bits per heavy atom. The molecule has 0 aromatic heterocycles. The molecule has 0 aliphatic carbocycles. The van der Waals surface area contributed by atoms with Crippen molar-refractivity contribution in [1.82, 2.24) is 0 Å². The van der Waals surface area contributed by atoms with E-state index in [9.17, 15) is 0 Å². The van der Waals surface area contributed by atoms with Gasteiger partial charge in [-0.25, -0.2) is 0 Å². The number of ether oxygens (including phenoxy) is 1. The number of aryl methyl sites for hydroxylation is 1. The molecule has 18 heavy (non-hydrogen) atoms. The number of nitrogens with zero attached hydrogens (tertiary/aromatic N) is 1. The number of rotatable bonds is 2. The van der Waals surface area contributed by atoms with Gasteiger partial charge in [0.2, 0.25) is 0 Å². The van der Waals surface area contributed by atoms with Gasteiger partial charge in [0.05, 0.1) is 11.7 Å². The minimum atomic E-state index is -0.0698. The van der Waals surface area contributed by atoms with Crippen molar-refractivity contribution in [2.45, 2.75) is 44.7 Å². The molecule has 1 fully saturated rings. The van der Waals surface area contributed by atoms with Crippen LogP contribution in [0.5, 0.6) is 0 Å². The van der Waals surface area contributed by atoms with Gasteiger partial charge in [0, 0.05) is 24.1 Å². The molecule has 0 bridgehead atoms. The molecule has 0 radical (unpaired) electrons. The first kappa shape index (κ1) is 13.9. The molecule has 1 aliphatic heterocycles. The van der Waals surface area contributed by atoms with Crippen LogP contribution in [0.1, 0.15) is 31.9 Å². The van der Waals surface area contributed by atoms with Crippen LogP contribution >= 0.6 is 15.9 Å². The van der Waals surface area contributed by atoms with Crippen LogP contribution < -0.4 is 4.90 Å². The quantitative estimate of drug-likeness (QED) is 0.768. The van der Waals surface area contributed by atoms with Crippen LogP contribution in [0.2, 0.25) is 0 Å². The van der Waals surface area contributed by atoms with E-state index in [0.717, 1.165) is 18.4 Å². The Morgan fingerprint density at radius 3 is 2.72 bits per heavy atom. The Balaban J connectivity index is 2.23. The Hall–Kier alpha value is -0.540. The highest BCUT2D eigenvalue weighted by Gasteiger charge is 2.31. The van der Waals surface area contributed by atoms with Gasteiger partial charge in [-0.15, -0.1) is 0 Å². The molecule has 0 saturated carbocycles. The van der Waals surface area contributed by atoms with Crippen molar-refractivity contribution >= 4 is 21.6 Å². The summed E-state index contributed by atoms with van der Waals surface area (Å²) in [5, 5.41) is 0.921. The highest BCUT2D eigenvalue weighted by molar-refractivity contribution is 9.08. The van der Waals surface area contributed by atoms with E-state index < -0.39 is 0 Å². The van der Waals surface area contributed by atoms with E-state index >= 15 is 0 Å². The minimum absolute atomic E-state index is 0.0698. The summed E-state index contributed by atoms with van der Waals surface area (Å²) in [5.74, 6) is 0. The maximum absolute atomic E-state index is 5.95. The molecular formula is C15H22BrNO. The second-order valence-corrected chi connectivity index (χ2v) is 6.37. The third kappa shape index (κ3) is 3.07. The Morgan fingerprint density at radius 2 is 2.17 bits per heavy atom. The molecule has 1 heterocycles. The van der Waals surface area contributed by atoms with E-state index in [1.165, 1.54) is 16.8 Å². The molecule has 0 N–H and O–H groups in total. The third-order valence-electron chi connectivity index (χ3n) is 3.40. The highest BCUT2D eigenvalue weighted by atomic mass is 79.9. The average molecular weight is 312 g/mol. The summed E-state index contributed by atoms with van der Waals surface area (Å²) in [4.78, 5) is 2.43. The van der Waals surface area contributed by atoms with E-state index in [1.807, 2.05) is 0 Å².